The van der Waals surface area contributed by atoms with Crippen molar-refractivity contribution in [1.82, 2.24) is 0 Å². The molecule has 0 amide bonds. The van der Waals surface area contributed by atoms with Gasteiger partial charge in [0.2, 0.25) is 0 Å². The second-order valence-electron chi connectivity index (χ2n) is 3.67. The fraction of sp³-hybridized carbons (Fsp3) is 1.00. The topological polar surface area (TPSA) is 58.3 Å². The summed E-state index contributed by atoms with van der Waals surface area (Å²) in [6, 6.07) is 0. The molecule has 0 fully saturated rings. The number of hydrogen-bond acceptors (Lipinski definition) is 4. The minimum absolute atomic E-state index is 0.0541. The Bertz CT molecular complexity index is 188. The maximum atomic E-state index is 11.6. The Balaban J connectivity index is 3.40. The highest BCUT2D eigenvalue weighted by molar-refractivity contribution is 8.09. The third-order valence-corrected chi connectivity index (χ3v) is 5.39. The average molecular weight is 238 g/mol. The van der Waals surface area contributed by atoms with Crippen molar-refractivity contribution in [3.05, 3.63) is 0 Å². The van der Waals surface area contributed by atoms with Crippen LogP contribution in [0.15, 0.2) is 0 Å². The Kier molecular flexibility index (Phi) is 8.07. The van der Waals surface area contributed by atoms with Crippen LogP contribution in [-0.2, 0) is 16.3 Å². The molecule has 0 aromatic heterocycles. The van der Waals surface area contributed by atoms with Crippen molar-refractivity contribution in [2.24, 2.45) is 5.73 Å². The first-order valence-electron chi connectivity index (χ1n) is 5.16. The van der Waals surface area contributed by atoms with E-state index >= 15 is 0 Å². The van der Waals surface area contributed by atoms with Gasteiger partial charge in [-0.2, -0.15) is 0 Å². The quantitative estimate of drug-likeness (QED) is 0.515. The van der Waals surface area contributed by atoms with E-state index in [2.05, 4.69) is 0 Å². The normalized spacial score (nSPS) is 15.8. The highest BCUT2D eigenvalue weighted by atomic mass is 32.5. The van der Waals surface area contributed by atoms with Gasteiger partial charge in [-0.05, 0) is 31.5 Å². The summed E-state index contributed by atoms with van der Waals surface area (Å²) in [5, 5.41) is 0. The zero-order valence-electron chi connectivity index (χ0n) is 9.07. The van der Waals surface area contributed by atoms with Gasteiger partial charge in [0.05, 0.1) is 6.61 Å². The molecule has 0 saturated carbocycles. The molecule has 86 valence electrons. The third kappa shape index (κ3) is 6.91. The lowest BCUT2D eigenvalue weighted by atomic mass is 10.2. The van der Waals surface area contributed by atoms with E-state index in [0.717, 1.165) is 32.2 Å². The molecule has 0 saturated heterocycles. The molecule has 1 unspecified atom stereocenters. The molecule has 0 radical (unpaired) electrons. The molecule has 0 aromatic rings. The van der Waals surface area contributed by atoms with Gasteiger partial charge in [-0.25, -0.2) is 0 Å². The summed E-state index contributed by atoms with van der Waals surface area (Å²) in [6.45, 7) is 2.17. The van der Waals surface area contributed by atoms with E-state index in [4.69, 9.17) is 22.1 Å². The van der Waals surface area contributed by atoms with E-state index in [1.165, 1.54) is 0 Å². The Labute approximate surface area is 92.2 Å². The van der Waals surface area contributed by atoms with Gasteiger partial charge >= 0.3 is 0 Å². The Morgan fingerprint density at radius 2 is 1.86 bits per heavy atom. The molecule has 5 heteroatoms. The summed E-state index contributed by atoms with van der Waals surface area (Å²) in [6.07, 6.45) is 4.16. The lowest BCUT2D eigenvalue weighted by Crippen LogP contribution is -2.14. The molecule has 0 aliphatic heterocycles. The van der Waals surface area contributed by atoms with Gasteiger partial charge in [0.1, 0.15) is 0 Å². The van der Waals surface area contributed by atoms with Crippen LogP contribution in [0.4, 0.5) is 0 Å². The van der Waals surface area contributed by atoms with E-state index in [1.54, 1.807) is 0 Å². The van der Waals surface area contributed by atoms with Crippen molar-refractivity contribution in [3.8, 4) is 0 Å². The molecule has 0 bridgehead atoms. The Morgan fingerprint density at radius 1 is 1.29 bits per heavy atom. The van der Waals surface area contributed by atoms with E-state index in [-0.39, 0.29) is 5.66 Å². The van der Waals surface area contributed by atoms with E-state index in [0.29, 0.717) is 6.61 Å². The summed E-state index contributed by atoms with van der Waals surface area (Å²) in [7, 11) is 0. The minimum Gasteiger partial charge on any atom is -0.801 e. The highest BCUT2D eigenvalue weighted by Gasteiger charge is 2.07. The van der Waals surface area contributed by atoms with Crippen LogP contribution in [0.5, 0.6) is 0 Å². The lowest BCUT2D eigenvalue weighted by Gasteiger charge is -2.31. The maximum Gasteiger partial charge on any atom is 0.0502 e. The first kappa shape index (κ1) is 14.5. The minimum atomic E-state index is -2.76. The second kappa shape index (κ2) is 7.77. The van der Waals surface area contributed by atoms with Crippen LogP contribution in [0.2, 0.25) is 0 Å². The van der Waals surface area contributed by atoms with Crippen LogP contribution in [0.1, 0.15) is 39.5 Å². The zero-order valence-corrected chi connectivity index (χ0v) is 10.8. The van der Waals surface area contributed by atoms with E-state index in [1.807, 2.05) is 13.8 Å². The fourth-order valence-corrected chi connectivity index (χ4v) is 1.85. The molecule has 0 heterocycles. The van der Waals surface area contributed by atoms with Crippen molar-refractivity contribution >= 4 is 18.3 Å². The number of hydrogen-bond donors (Lipinski definition) is 1. The smallest absolute Gasteiger partial charge is 0.0502 e. The molecule has 0 aromatic carbocycles. The Morgan fingerprint density at radius 3 is 2.36 bits per heavy atom. The lowest BCUT2D eigenvalue weighted by molar-refractivity contribution is -0.184. The summed E-state index contributed by atoms with van der Waals surface area (Å²) < 4.78 is 5.21. The summed E-state index contributed by atoms with van der Waals surface area (Å²) in [5.41, 5.74) is 5.31. The van der Waals surface area contributed by atoms with Gasteiger partial charge in [0.15, 0.2) is 0 Å². The highest BCUT2D eigenvalue weighted by Crippen LogP contribution is 2.42. The van der Waals surface area contributed by atoms with Crippen LogP contribution in [0, 0.1) is 0 Å². The Hall–Kier alpha value is 0.530. The summed E-state index contributed by atoms with van der Waals surface area (Å²) in [4.78, 5) is 11.6. The van der Waals surface area contributed by atoms with E-state index in [9.17, 15) is 4.89 Å². The molecule has 14 heavy (non-hydrogen) atoms. The van der Waals surface area contributed by atoms with Crippen LogP contribution < -0.4 is 10.6 Å². The molecule has 0 spiro atoms. The van der Waals surface area contributed by atoms with Crippen molar-refractivity contribution in [2.45, 2.75) is 45.2 Å². The first-order chi connectivity index (χ1) is 6.50. The van der Waals surface area contributed by atoms with Gasteiger partial charge < -0.3 is 15.2 Å². The number of nitrogens with two attached hydrogens (primary N) is 1. The molecule has 1 atom stereocenters. The van der Waals surface area contributed by atoms with Crippen molar-refractivity contribution < 1.29 is 9.42 Å². The van der Waals surface area contributed by atoms with Gasteiger partial charge in [0.25, 0.3) is 0 Å². The standard InChI is InChI=1S/C9H22NO2PS/c1-9(2)13(11,14)12-8-6-4-3-5-7-10/h9H,3-8,10H2,1-2H3,(H,11,14)/p-1. The number of rotatable bonds is 8. The van der Waals surface area contributed by atoms with Crippen molar-refractivity contribution in [3.63, 3.8) is 0 Å². The SMILES string of the molecule is CC(C)P([O-])(=S)OCCCCCCN. The van der Waals surface area contributed by atoms with Crippen molar-refractivity contribution in [1.29, 1.82) is 0 Å². The molecular formula is C9H21NO2PS-. The largest absolute Gasteiger partial charge is 0.801 e. The predicted octanol–water partition coefficient (Wildman–Crippen LogP) is 1.60. The monoisotopic (exact) mass is 238 g/mol. The second-order valence-corrected chi connectivity index (χ2v) is 7.57. The van der Waals surface area contributed by atoms with Gasteiger partial charge in [-0.15, -0.1) is 0 Å². The van der Waals surface area contributed by atoms with Crippen LogP contribution in [0.25, 0.3) is 0 Å². The first-order valence-corrected chi connectivity index (χ1v) is 7.86. The van der Waals surface area contributed by atoms with Crippen LogP contribution >= 0.6 is 6.49 Å². The summed E-state index contributed by atoms with van der Waals surface area (Å²) >= 11 is 4.88. The molecule has 0 rings (SSSR count). The predicted molar refractivity (Wildman–Crippen MR) is 62.9 cm³/mol. The van der Waals surface area contributed by atoms with Crippen LogP contribution in [0.3, 0.4) is 0 Å². The van der Waals surface area contributed by atoms with Gasteiger partial charge in [-0.3, -0.25) is 0 Å². The summed E-state index contributed by atoms with van der Waals surface area (Å²) in [5.74, 6) is 0. The van der Waals surface area contributed by atoms with Crippen LogP contribution in [-0.4, -0.2) is 18.8 Å². The van der Waals surface area contributed by atoms with Gasteiger partial charge in [0, 0.05) is 0 Å². The fourth-order valence-electron chi connectivity index (χ4n) is 0.941. The average Bonchev–Trinajstić information content (AvgIpc) is 2.10. The van der Waals surface area contributed by atoms with Crippen molar-refractivity contribution in [2.75, 3.05) is 13.2 Å². The van der Waals surface area contributed by atoms with Gasteiger partial charge in [-0.1, -0.05) is 38.5 Å². The molecule has 0 aliphatic carbocycles. The third-order valence-electron chi connectivity index (χ3n) is 2.00. The molecule has 2 N–H and O–H groups in total. The van der Waals surface area contributed by atoms with E-state index < -0.39 is 6.49 Å². The maximum absolute atomic E-state index is 11.6. The zero-order chi connectivity index (χ0) is 11.0. The number of unbranched alkanes of at least 4 members (excludes halogenated alkanes) is 3. The molecular weight excluding hydrogens is 217 g/mol. The molecule has 3 nitrogen and oxygen atoms in total. The molecule has 0 aliphatic rings.